The largest absolute Gasteiger partial charge is 0.466 e. The number of rotatable bonds is 6. The van der Waals surface area contributed by atoms with E-state index in [1.165, 1.54) is 6.26 Å². The molecular formula is C16H22N2O5. The van der Waals surface area contributed by atoms with E-state index in [1.54, 1.807) is 24.0 Å². The van der Waals surface area contributed by atoms with E-state index in [0.717, 1.165) is 0 Å². The van der Waals surface area contributed by atoms with Crippen molar-refractivity contribution in [1.29, 1.82) is 0 Å². The molecule has 1 N–H and O–H groups in total. The van der Waals surface area contributed by atoms with Crippen molar-refractivity contribution in [3.8, 4) is 0 Å². The second-order valence-electron chi connectivity index (χ2n) is 5.41. The molecule has 1 aliphatic rings. The standard InChI is InChI=1S/C16H22N2O5/c1-2-22-15(20)6-5-14(19)18-9-7-12(8-10-18)17-16(21)13-4-3-11-23-13/h3-4,11-12H,2,5-10H2,1H3,(H,17,21). The molecule has 7 heteroatoms. The SMILES string of the molecule is CCOC(=O)CCC(=O)N1CCC(NC(=O)c2ccco2)CC1. The minimum Gasteiger partial charge on any atom is -0.466 e. The third kappa shape index (κ3) is 5.12. The van der Waals surface area contributed by atoms with Crippen LogP contribution >= 0.6 is 0 Å². The number of hydrogen-bond acceptors (Lipinski definition) is 5. The predicted octanol–water partition coefficient (Wildman–Crippen LogP) is 1.34. The fourth-order valence-corrected chi connectivity index (χ4v) is 2.54. The van der Waals surface area contributed by atoms with Crippen LogP contribution in [0.25, 0.3) is 0 Å². The molecule has 0 saturated carbocycles. The average Bonchev–Trinajstić information content (AvgIpc) is 3.08. The smallest absolute Gasteiger partial charge is 0.306 e. The molecule has 1 fully saturated rings. The molecule has 0 aromatic carbocycles. The van der Waals surface area contributed by atoms with Crippen LogP contribution in [0.1, 0.15) is 43.2 Å². The van der Waals surface area contributed by atoms with Crippen LogP contribution < -0.4 is 5.32 Å². The molecule has 0 radical (unpaired) electrons. The summed E-state index contributed by atoms with van der Waals surface area (Å²) in [6, 6.07) is 3.31. The molecule has 0 bridgehead atoms. The Labute approximate surface area is 135 Å². The molecule has 1 aromatic heterocycles. The van der Waals surface area contributed by atoms with E-state index in [0.29, 0.717) is 32.5 Å². The molecular weight excluding hydrogens is 300 g/mol. The quantitative estimate of drug-likeness (QED) is 0.799. The van der Waals surface area contributed by atoms with Gasteiger partial charge in [-0.3, -0.25) is 14.4 Å². The molecule has 0 atom stereocenters. The number of likely N-dealkylation sites (tertiary alicyclic amines) is 1. The van der Waals surface area contributed by atoms with Crippen LogP contribution in [0.4, 0.5) is 0 Å². The van der Waals surface area contributed by atoms with Crippen molar-refractivity contribution in [2.75, 3.05) is 19.7 Å². The first-order chi connectivity index (χ1) is 11.1. The summed E-state index contributed by atoms with van der Waals surface area (Å²) in [6.45, 7) is 3.21. The van der Waals surface area contributed by atoms with Crippen LogP contribution in [0.15, 0.2) is 22.8 Å². The first-order valence-corrected chi connectivity index (χ1v) is 7.88. The van der Waals surface area contributed by atoms with Gasteiger partial charge < -0.3 is 19.4 Å². The summed E-state index contributed by atoms with van der Waals surface area (Å²) in [6.07, 6.45) is 3.12. The average molecular weight is 322 g/mol. The van der Waals surface area contributed by atoms with Gasteiger partial charge >= 0.3 is 5.97 Å². The number of hydrogen-bond donors (Lipinski definition) is 1. The van der Waals surface area contributed by atoms with Gasteiger partial charge in [0.15, 0.2) is 5.76 Å². The van der Waals surface area contributed by atoms with Crippen LogP contribution in [-0.4, -0.2) is 48.4 Å². The highest BCUT2D eigenvalue weighted by molar-refractivity contribution is 5.91. The van der Waals surface area contributed by atoms with E-state index in [-0.39, 0.29) is 42.4 Å². The van der Waals surface area contributed by atoms with E-state index in [1.807, 2.05) is 0 Å². The fraction of sp³-hybridized carbons (Fsp3) is 0.562. The maximum atomic E-state index is 12.0. The van der Waals surface area contributed by atoms with Gasteiger partial charge in [0.25, 0.3) is 5.91 Å². The number of carbonyl (C=O) groups is 3. The lowest BCUT2D eigenvalue weighted by Gasteiger charge is -2.32. The zero-order valence-electron chi connectivity index (χ0n) is 13.2. The Morgan fingerprint density at radius 1 is 1.30 bits per heavy atom. The van der Waals surface area contributed by atoms with Gasteiger partial charge in [-0.2, -0.15) is 0 Å². The maximum Gasteiger partial charge on any atom is 0.306 e. The summed E-state index contributed by atoms with van der Waals surface area (Å²) < 4.78 is 9.86. The molecule has 7 nitrogen and oxygen atoms in total. The van der Waals surface area contributed by atoms with Crippen molar-refractivity contribution in [2.24, 2.45) is 0 Å². The second-order valence-corrected chi connectivity index (χ2v) is 5.41. The second kappa shape index (κ2) is 8.36. The first-order valence-electron chi connectivity index (χ1n) is 7.88. The number of esters is 1. The summed E-state index contributed by atoms with van der Waals surface area (Å²) in [5.74, 6) is -0.338. The maximum absolute atomic E-state index is 12.0. The van der Waals surface area contributed by atoms with Crippen molar-refractivity contribution in [1.82, 2.24) is 10.2 Å². The van der Waals surface area contributed by atoms with Crippen LogP contribution in [-0.2, 0) is 14.3 Å². The molecule has 2 amide bonds. The van der Waals surface area contributed by atoms with Gasteiger partial charge in [-0.1, -0.05) is 0 Å². The minimum absolute atomic E-state index is 0.0294. The molecule has 0 aliphatic carbocycles. The molecule has 1 aliphatic heterocycles. The highest BCUT2D eigenvalue weighted by Gasteiger charge is 2.24. The molecule has 1 saturated heterocycles. The number of nitrogens with zero attached hydrogens (tertiary/aromatic N) is 1. The van der Waals surface area contributed by atoms with Gasteiger partial charge in [-0.15, -0.1) is 0 Å². The normalized spacial score (nSPS) is 15.3. The Kier molecular flexibility index (Phi) is 6.19. The van der Waals surface area contributed by atoms with Gasteiger partial charge in [0, 0.05) is 25.6 Å². The Morgan fingerprint density at radius 3 is 2.65 bits per heavy atom. The zero-order valence-corrected chi connectivity index (χ0v) is 13.2. The summed E-state index contributed by atoms with van der Waals surface area (Å²) in [4.78, 5) is 36.9. The van der Waals surface area contributed by atoms with Crippen LogP contribution in [0.3, 0.4) is 0 Å². The molecule has 0 unspecified atom stereocenters. The summed E-state index contributed by atoms with van der Waals surface area (Å²) in [5, 5.41) is 2.90. The lowest BCUT2D eigenvalue weighted by Crippen LogP contribution is -2.46. The van der Waals surface area contributed by atoms with Gasteiger partial charge in [-0.25, -0.2) is 0 Å². The van der Waals surface area contributed by atoms with Crippen LogP contribution in [0, 0.1) is 0 Å². The van der Waals surface area contributed by atoms with E-state index in [4.69, 9.17) is 9.15 Å². The third-order valence-corrected chi connectivity index (χ3v) is 3.78. The number of amides is 2. The summed E-state index contributed by atoms with van der Waals surface area (Å²) in [7, 11) is 0. The summed E-state index contributed by atoms with van der Waals surface area (Å²) >= 11 is 0. The van der Waals surface area contributed by atoms with Crippen LogP contribution in [0.5, 0.6) is 0 Å². The van der Waals surface area contributed by atoms with E-state index < -0.39 is 0 Å². The lowest BCUT2D eigenvalue weighted by molar-refractivity contribution is -0.145. The fourth-order valence-electron chi connectivity index (χ4n) is 2.54. The van der Waals surface area contributed by atoms with Crippen molar-refractivity contribution in [3.05, 3.63) is 24.2 Å². The van der Waals surface area contributed by atoms with Crippen molar-refractivity contribution < 1.29 is 23.5 Å². The summed E-state index contributed by atoms with van der Waals surface area (Å²) in [5.41, 5.74) is 0. The Bertz CT molecular complexity index is 533. The first kappa shape index (κ1) is 17.1. The van der Waals surface area contributed by atoms with E-state index in [9.17, 15) is 14.4 Å². The molecule has 2 rings (SSSR count). The highest BCUT2D eigenvalue weighted by Crippen LogP contribution is 2.13. The van der Waals surface area contributed by atoms with Gasteiger partial charge in [0.05, 0.1) is 19.3 Å². The Morgan fingerprint density at radius 2 is 2.04 bits per heavy atom. The lowest BCUT2D eigenvalue weighted by atomic mass is 10.0. The molecule has 126 valence electrons. The van der Waals surface area contributed by atoms with Crippen LogP contribution in [0.2, 0.25) is 0 Å². The third-order valence-electron chi connectivity index (χ3n) is 3.78. The monoisotopic (exact) mass is 322 g/mol. The molecule has 2 heterocycles. The Hall–Kier alpha value is -2.31. The van der Waals surface area contributed by atoms with Crippen molar-refractivity contribution in [3.63, 3.8) is 0 Å². The molecule has 1 aromatic rings. The predicted molar refractivity (Wildman–Crippen MR) is 81.6 cm³/mol. The number of furan rings is 1. The molecule has 0 spiro atoms. The zero-order chi connectivity index (χ0) is 16.7. The minimum atomic E-state index is -0.346. The Balaban J connectivity index is 1.70. The van der Waals surface area contributed by atoms with Crippen molar-refractivity contribution in [2.45, 2.75) is 38.6 Å². The number of nitrogens with one attached hydrogen (secondary N) is 1. The molecule has 23 heavy (non-hydrogen) atoms. The highest BCUT2D eigenvalue weighted by atomic mass is 16.5. The van der Waals surface area contributed by atoms with Gasteiger partial charge in [0.2, 0.25) is 5.91 Å². The number of piperidine rings is 1. The number of carbonyl (C=O) groups excluding carboxylic acids is 3. The van der Waals surface area contributed by atoms with Gasteiger partial charge in [0.1, 0.15) is 0 Å². The van der Waals surface area contributed by atoms with Gasteiger partial charge in [-0.05, 0) is 31.9 Å². The van der Waals surface area contributed by atoms with E-state index in [2.05, 4.69) is 5.32 Å². The van der Waals surface area contributed by atoms with Crippen molar-refractivity contribution >= 4 is 17.8 Å². The number of ether oxygens (including phenoxy) is 1. The topological polar surface area (TPSA) is 88.9 Å². The van der Waals surface area contributed by atoms with E-state index >= 15 is 0 Å².